The van der Waals surface area contributed by atoms with Gasteiger partial charge in [0.05, 0.1) is 11.1 Å². The molecule has 0 spiro atoms. The molecule has 1 aromatic heterocycles. The molecule has 1 aliphatic carbocycles. The van der Waals surface area contributed by atoms with Crippen LogP contribution in [-0.2, 0) is 15.0 Å². The molecule has 0 radical (unpaired) electrons. The minimum atomic E-state index is -1.60. The van der Waals surface area contributed by atoms with E-state index in [0.29, 0.717) is 16.7 Å². The van der Waals surface area contributed by atoms with Crippen molar-refractivity contribution in [1.29, 1.82) is 0 Å². The number of anilines is 1. The van der Waals surface area contributed by atoms with E-state index in [-0.39, 0.29) is 45.2 Å². The Morgan fingerprint density at radius 1 is 1.03 bits per heavy atom. The molecule has 0 bridgehead atoms. The zero-order valence-corrected chi connectivity index (χ0v) is 19.8. The van der Waals surface area contributed by atoms with E-state index in [0.717, 1.165) is 6.08 Å². The number of hydrogen-bond donors (Lipinski definition) is 3. The summed E-state index contributed by atoms with van der Waals surface area (Å²) in [4.78, 5) is 50.6. The van der Waals surface area contributed by atoms with Crippen LogP contribution in [0.15, 0.2) is 62.6 Å². The number of phenols is 2. The SMILES string of the molecule is CC(=O)c1c(O)c(C)c(O)c2c1OC1=CC(=O)C(=C(C)Nc3ccc4oc(=O)ccc4c3)C(=O)C12C. The van der Waals surface area contributed by atoms with Crippen molar-refractivity contribution in [3.8, 4) is 17.2 Å². The smallest absolute Gasteiger partial charge is 0.336 e. The Kier molecular flexibility index (Phi) is 4.92. The first-order chi connectivity index (χ1) is 16.9. The summed E-state index contributed by atoms with van der Waals surface area (Å²) in [5, 5.41) is 25.1. The lowest BCUT2D eigenvalue weighted by Gasteiger charge is -2.29. The van der Waals surface area contributed by atoms with Gasteiger partial charge in [0.25, 0.3) is 0 Å². The highest BCUT2D eigenvalue weighted by molar-refractivity contribution is 6.31. The van der Waals surface area contributed by atoms with Crippen molar-refractivity contribution in [1.82, 2.24) is 0 Å². The van der Waals surface area contributed by atoms with E-state index in [2.05, 4.69) is 5.32 Å². The Hall–Kier alpha value is -4.66. The molecule has 0 saturated heterocycles. The van der Waals surface area contributed by atoms with Crippen molar-refractivity contribution >= 4 is 34.0 Å². The van der Waals surface area contributed by atoms with Crippen molar-refractivity contribution in [3.05, 3.63) is 80.5 Å². The molecular weight excluding hydrogens is 466 g/mol. The third-order valence-electron chi connectivity index (χ3n) is 6.71. The molecule has 5 rings (SSSR count). The van der Waals surface area contributed by atoms with E-state index in [1.54, 1.807) is 31.2 Å². The van der Waals surface area contributed by atoms with Crippen molar-refractivity contribution in [2.75, 3.05) is 5.32 Å². The summed E-state index contributed by atoms with van der Waals surface area (Å²) in [6.07, 6.45) is 1.16. The van der Waals surface area contributed by atoms with Gasteiger partial charge in [0, 0.05) is 34.5 Å². The quantitative estimate of drug-likeness (QED) is 0.218. The second kappa shape index (κ2) is 7.67. The third-order valence-corrected chi connectivity index (χ3v) is 6.71. The summed E-state index contributed by atoms with van der Waals surface area (Å²) in [5.74, 6) is -2.76. The van der Waals surface area contributed by atoms with Gasteiger partial charge in [-0.2, -0.15) is 0 Å². The highest BCUT2D eigenvalue weighted by Crippen LogP contribution is 2.57. The minimum absolute atomic E-state index is 0.0257. The van der Waals surface area contributed by atoms with E-state index in [4.69, 9.17) is 9.15 Å². The van der Waals surface area contributed by atoms with Crippen LogP contribution in [0.4, 0.5) is 5.69 Å². The number of carbonyl (C=O) groups excluding carboxylic acids is 3. The fourth-order valence-corrected chi connectivity index (χ4v) is 4.79. The largest absolute Gasteiger partial charge is 0.507 e. The van der Waals surface area contributed by atoms with Crippen molar-refractivity contribution in [2.24, 2.45) is 0 Å². The van der Waals surface area contributed by atoms with Crippen molar-refractivity contribution in [3.63, 3.8) is 0 Å². The van der Waals surface area contributed by atoms with Gasteiger partial charge in [-0.15, -0.1) is 0 Å². The molecule has 3 aromatic rings. The maximum absolute atomic E-state index is 13.9. The van der Waals surface area contributed by atoms with Crippen molar-refractivity contribution < 1.29 is 33.8 Å². The maximum atomic E-state index is 13.9. The third kappa shape index (κ3) is 3.09. The molecule has 3 N–H and O–H groups in total. The molecule has 182 valence electrons. The van der Waals surface area contributed by atoms with Crippen LogP contribution in [0, 0.1) is 6.92 Å². The second-order valence-electron chi connectivity index (χ2n) is 9.02. The van der Waals surface area contributed by atoms with Crippen LogP contribution >= 0.6 is 0 Å². The van der Waals surface area contributed by atoms with Crippen LogP contribution < -0.4 is 15.7 Å². The predicted molar refractivity (Wildman–Crippen MR) is 129 cm³/mol. The number of nitrogens with one attached hydrogen (secondary N) is 1. The Labute approximate surface area is 204 Å². The van der Waals surface area contributed by atoms with Gasteiger partial charge in [0.2, 0.25) is 0 Å². The molecular formula is C27H21NO8. The highest BCUT2D eigenvalue weighted by atomic mass is 16.5. The van der Waals surface area contributed by atoms with E-state index < -0.39 is 34.1 Å². The second-order valence-corrected chi connectivity index (χ2v) is 9.02. The van der Waals surface area contributed by atoms with Gasteiger partial charge >= 0.3 is 5.63 Å². The Morgan fingerprint density at radius 3 is 2.44 bits per heavy atom. The van der Waals surface area contributed by atoms with Crippen LogP contribution in [-0.4, -0.2) is 27.6 Å². The monoisotopic (exact) mass is 487 g/mol. The molecule has 2 heterocycles. The Morgan fingerprint density at radius 2 is 1.75 bits per heavy atom. The van der Waals surface area contributed by atoms with Crippen LogP contribution in [0.3, 0.4) is 0 Å². The van der Waals surface area contributed by atoms with Crippen LogP contribution in [0.2, 0.25) is 0 Å². The van der Waals surface area contributed by atoms with Crippen LogP contribution in [0.1, 0.15) is 42.3 Å². The standard InChI is InChI=1S/C27H21NO8/c1-11-23(32)21(13(3)29)25-22(24(11)33)27(4)18(36-25)10-16(30)20(26(27)34)12(2)28-15-6-7-17-14(9-15)5-8-19(31)35-17/h5-10,28,32-33H,1-4H3. The van der Waals surface area contributed by atoms with Gasteiger partial charge in [-0.1, -0.05) is 0 Å². The lowest BCUT2D eigenvalue weighted by molar-refractivity contribution is -0.123. The number of ether oxygens (including phenoxy) is 1. The zero-order chi connectivity index (χ0) is 26.1. The molecule has 1 unspecified atom stereocenters. The molecule has 2 aromatic carbocycles. The van der Waals surface area contributed by atoms with Gasteiger partial charge in [-0.25, -0.2) is 4.79 Å². The summed E-state index contributed by atoms with van der Waals surface area (Å²) in [5.41, 5.74) is -1.14. The van der Waals surface area contributed by atoms with E-state index in [1.165, 1.54) is 26.8 Å². The molecule has 0 fully saturated rings. The van der Waals surface area contributed by atoms with E-state index in [1.807, 2.05) is 0 Å². The van der Waals surface area contributed by atoms with Gasteiger partial charge in [0.1, 0.15) is 39.6 Å². The summed E-state index contributed by atoms with van der Waals surface area (Å²) >= 11 is 0. The number of rotatable bonds is 3. The molecule has 36 heavy (non-hydrogen) atoms. The Bertz CT molecular complexity index is 1670. The van der Waals surface area contributed by atoms with Crippen molar-refractivity contribution in [2.45, 2.75) is 33.1 Å². The highest BCUT2D eigenvalue weighted by Gasteiger charge is 2.56. The summed E-state index contributed by atoms with van der Waals surface area (Å²) < 4.78 is 10.9. The summed E-state index contributed by atoms with van der Waals surface area (Å²) in [7, 11) is 0. The normalized spacial score (nSPS) is 19.9. The fraction of sp³-hybridized carbons (Fsp3) is 0.185. The number of hydrogen-bond acceptors (Lipinski definition) is 9. The topological polar surface area (TPSA) is 143 Å². The minimum Gasteiger partial charge on any atom is -0.507 e. The molecule has 9 nitrogen and oxygen atoms in total. The first-order valence-corrected chi connectivity index (χ1v) is 11.1. The number of benzene rings is 2. The van der Waals surface area contributed by atoms with Gasteiger partial charge < -0.3 is 24.7 Å². The molecule has 0 saturated carbocycles. The predicted octanol–water partition coefficient (Wildman–Crippen LogP) is 3.79. The molecule has 0 amide bonds. The van der Waals surface area contributed by atoms with Gasteiger partial charge in [-0.05, 0) is 52.0 Å². The molecule has 9 heteroatoms. The first-order valence-electron chi connectivity index (χ1n) is 11.1. The van der Waals surface area contributed by atoms with E-state index >= 15 is 0 Å². The fourth-order valence-electron chi connectivity index (χ4n) is 4.79. The number of Topliss-reactive ketones (excluding diaryl/α,β-unsaturated/α-hetero) is 2. The molecule has 1 aliphatic heterocycles. The molecule has 2 aliphatic rings. The zero-order valence-electron chi connectivity index (χ0n) is 19.8. The average molecular weight is 487 g/mol. The van der Waals surface area contributed by atoms with E-state index in [9.17, 15) is 29.4 Å². The lowest BCUT2D eigenvalue weighted by atomic mass is 9.70. The number of aromatic hydroxyl groups is 2. The number of ketones is 3. The van der Waals surface area contributed by atoms with Gasteiger partial charge in [0.15, 0.2) is 17.3 Å². The molecule has 1 atom stereocenters. The number of fused-ring (bicyclic) bond motifs is 4. The number of allylic oxidation sites excluding steroid dienone is 4. The summed E-state index contributed by atoms with van der Waals surface area (Å²) in [6.45, 7) is 5.73. The average Bonchev–Trinajstić information content (AvgIpc) is 3.10. The summed E-state index contributed by atoms with van der Waals surface area (Å²) in [6, 6.07) is 7.83. The van der Waals surface area contributed by atoms with Gasteiger partial charge in [-0.3, -0.25) is 14.4 Å². The maximum Gasteiger partial charge on any atom is 0.336 e. The van der Waals surface area contributed by atoms with Crippen LogP contribution in [0.5, 0.6) is 17.2 Å². The number of phenolic OH excluding ortho intramolecular Hbond substituents is 2. The lowest BCUT2D eigenvalue weighted by Crippen LogP contribution is -2.40. The number of carbonyl (C=O) groups is 3. The van der Waals surface area contributed by atoms with Crippen LogP contribution in [0.25, 0.3) is 11.0 Å². The Balaban J connectivity index is 1.64. The first kappa shape index (κ1) is 23.1.